The van der Waals surface area contributed by atoms with Crippen LogP contribution in [0, 0.1) is 5.92 Å². The van der Waals surface area contributed by atoms with Crippen LogP contribution in [-0.4, -0.2) is 36.0 Å². The van der Waals surface area contributed by atoms with E-state index in [0.717, 1.165) is 6.08 Å². The Hall–Kier alpha value is -1.50. The van der Waals surface area contributed by atoms with Gasteiger partial charge in [-0.25, -0.2) is 0 Å². The van der Waals surface area contributed by atoms with Crippen LogP contribution >= 0.6 is 0 Å². The van der Waals surface area contributed by atoms with Gasteiger partial charge in [0.25, 0.3) is 0 Å². The molecule has 1 atom stereocenters. The van der Waals surface area contributed by atoms with Crippen molar-refractivity contribution in [2.24, 2.45) is 5.92 Å². The summed E-state index contributed by atoms with van der Waals surface area (Å²) in [6, 6.07) is 0. The molecule has 0 fully saturated rings. The van der Waals surface area contributed by atoms with Gasteiger partial charge in [-0.2, -0.15) is 61.5 Å². The molecular formula is C15H12F14. The van der Waals surface area contributed by atoms with E-state index in [9.17, 15) is 61.5 Å². The van der Waals surface area contributed by atoms with Crippen molar-refractivity contribution in [1.29, 1.82) is 0 Å². The van der Waals surface area contributed by atoms with Crippen LogP contribution in [0.4, 0.5) is 61.5 Å². The average Bonchev–Trinajstić information content (AvgIpc) is 2.47. The third kappa shape index (κ3) is 4.07. The first-order chi connectivity index (χ1) is 12.6. The molecule has 0 radical (unpaired) electrons. The molecule has 0 N–H and O–H groups in total. The number of rotatable bonds is 4. The lowest BCUT2D eigenvalue weighted by Gasteiger charge is -2.40. The van der Waals surface area contributed by atoms with Crippen LogP contribution in [0.5, 0.6) is 0 Å². The Balaban J connectivity index is 3.80. The number of hydrogen-bond acceptors (Lipinski definition) is 0. The zero-order chi connectivity index (χ0) is 23.3. The number of allylic oxidation sites excluding steroid dienone is 4. The minimum atomic E-state index is -7.01. The maximum atomic E-state index is 14.2. The fourth-order valence-corrected chi connectivity index (χ4v) is 2.77. The van der Waals surface area contributed by atoms with Crippen molar-refractivity contribution in [3.05, 3.63) is 23.3 Å². The highest BCUT2D eigenvalue weighted by Gasteiger charge is 2.80. The molecule has 0 saturated heterocycles. The Kier molecular flexibility index (Phi) is 6.45. The molecule has 0 aromatic carbocycles. The van der Waals surface area contributed by atoms with E-state index in [1.54, 1.807) is 0 Å². The molecule has 0 heterocycles. The van der Waals surface area contributed by atoms with Crippen LogP contribution < -0.4 is 0 Å². The molecule has 1 unspecified atom stereocenters. The van der Waals surface area contributed by atoms with Crippen LogP contribution in [0.2, 0.25) is 0 Å². The van der Waals surface area contributed by atoms with E-state index >= 15 is 0 Å². The molecule has 170 valence electrons. The SMILES string of the molecule is C/C1=C(\C(F)(F)C(F)(F)C(F)(F)F)C(C(F)(F)C(F)(F)C(F)(F)F)C/C=C\CC1. The highest BCUT2D eigenvalue weighted by Crippen LogP contribution is 2.59. The second-order valence-electron chi connectivity index (χ2n) is 6.33. The summed E-state index contributed by atoms with van der Waals surface area (Å²) in [5.74, 6) is -31.0. The molecule has 0 bridgehead atoms. The monoisotopic (exact) mass is 458 g/mol. The molecule has 1 rings (SSSR count). The smallest absolute Gasteiger partial charge is 0.199 e. The average molecular weight is 458 g/mol. The Bertz CT molecular complexity index is 661. The summed E-state index contributed by atoms with van der Waals surface area (Å²) in [7, 11) is 0. The molecule has 0 amide bonds. The molecule has 0 aromatic rings. The minimum Gasteiger partial charge on any atom is -0.199 e. The second-order valence-corrected chi connectivity index (χ2v) is 6.33. The quantitative estimate of drug-likeness (QED) is 0.306. The number of alkyl halides is 14. The molecule has 1 aliphatic carbocycles. The Morgan fingerprint density at radius 1 is 0.690 bits per heavy atom. The van der Waals surface area contributed by atoms with Gasteiger partial charge in [-0.15, -0.1) is 0 Å². The Labute approximate surface area is 154 Å². The van der Waals surface area contributed by atoms with Crippen molar-refractivity contribution in [3.63, 3.8) is 0 Å². The summed E-state index contributed by atoms with van der Waals surface area (Å²) in [5.41, 5.74) is -4.07. The summed E-state index contributed by atoms with van der Waals surface area (Å²) in [4.78, 5) is 0. The fourth-order valence-electron chi connectivity index (χ4n) is 2.77. The standard InChI is InChI=1S/C15H12F14/c1-7-5-3-2-4-6-8(10(16,17)12(20,21)14(24,25)26)9(7)11(18,19)13(22,23)15(27,28)29/h2,4,8H,3,5-6H2,1H3/b4-2-,9-7+. The lowest BCUT2D eigenvalue weighted by atomic mass is 9.76. The molecule has 29 heavy (non-hydrogen) atoms. The van der Waals surface area contributed by atoms with Crippen molar-refractivity contribution < 1.29 is 61.5 Å². The van der Waals surface area contributed by atoms with E-state index in [1.165, 1.54) is 0 Å². The van der Waals surface area contributed by atoms with E-state index in [-0.39, 0.29) is 6.42 Å². The highest BCUT2D eigenvalue weighted by molar-refractivity contribution is 5.32. The molecule has 0 aromatic heterocycles. The lowest BCUT2D eigenvalue weighted by molar-refractivity contribution is -0.370. The molecule has 0 aliphatic heterocycles. The van der Waals surface area contributed by atoms with Gasteiger partial charge in [-0.3, -0.25) is 0 Å². The minimum absolute atomic E-state index is 0.336. The molecule has 0 spiro atoms. The molecule has 0 nitrogen and oxygen atoms in total. The van der Waals surface area contributed by atoms with Crippen LogP contribution in [0.1, 0.15) is 26.2 Å². The fraction of sp³-hybridized carbons (Fsp3) is 0.733. The maximum absolute atomic E-state index is 14.2. The van der Waals surface area contributed by atoms with Gasteiger partial charge in [0, 0.05) is 5.57 Å². The van der Waals surface area contributed by atoms with E-state index in [4.69, 9.17) is 0 Å². The second kappa shape index (κ2) is 7.33. The summed E-state index contributed by atoms with van der Waals surface area (Å²) in [5, 5.41) is 0. The van der Waals surface area contributed by atoms with Crippen molar-refractivity contribution >= 4 is 0 Å². The van der Waals surface area contributed by atoms with Gasteiger partial charge < -0.3 is 0 Å². The van der Waals surface area contributed by atoms with Crippen LogP contribution in [0.15, 0.2) is 23.3 Å². The van der Waals surface area contributed by atoms with E-state index in [1.807, 2.05) is 0 Å². The number of hydrogen-bond donors (Lipinski definition) is 0. The van der Waals surface area contributed by atoms with Crippen molar-refractivity contribution in [3.8, 4) is 0 Å². The zero-order valence-corrected chi connectivity index (χ0v) is 14.1. The van der Waals surface area contributed by atoms with Gasteiger partial charge >= 0.3 is 36.0 Å². The van der Waals surface area contributed by atoms with E-state index in [0.29, 0.717) is 13.0 Å². The van der Waals surface area contributed by atoms with Gasteiger partial charge in [0.1, 0.15) is 0 Å². The predicted octanol–water partition coefficient (Wildman–Crippen LogP) is 7.33. The van der Waals surface area contributed by atoms with Crippen LogP contribution in [0.25, 0.3) is 0 Å². The highest BCUT2D eigenvalue weighted by atomic mass is 19.4. The normalized spacial score (nSPS) is 24.9. The van der Waals surface area contributed by atoms with Crippen LogP contribution in [0.3, 0.4) is 0 Å². The third-order valence-corrected chi connectivity index (χ3v) is 4.33. The number of halogens is 14. The van der Waals surface area contributed by atoms with Crippen molar-refractivity contribution in [2.45, 2.75) is 62.2 Å². The van der Waals surface area contributed by atoms with Gasteiger partial charge in [0.2, 0.25) is 0 Å². The van der Waals surface area contributed by atoms with Crippen LogP contribution in [-0.2, 0) is 0 Å². The van der Waals surface area contributed by atoms with E-state index < -0.39 is 65.9 Å². The lowest BCUT2D eigenvalue weighted by Crippen LogP contribution is -2.60. The maximum Gasteiger partial charge on any atom is 0.460 e. The first kappa shape index (κ1) is 25.5. The predicted molar refractivity (Wildman–Crippen MR) is 71.1 cm³/mol. The summed E-state index contributed by atoms with van der Waals surface area (Å²) in [6.45, 7) is 0.393. The Morgan fingerprint density at radius 2 is 1.14 bits per heavy atom. The largest absolute Gasteiger partial charge is 0.460 e. The van der Waals surface area contributed by atoms with Crippen molar-refractivity contribution in [1.82, 2.24) is 0 Å². The summed E-state index contributed by atoms with van der Waals surface area (Å²) < 4.78 is 185. The van der Waals surface area contributed by atoms with E-state index in [2.05, 4.69) is 0 Å². The first-order valence-corrected chi connectivity index (χ1v) is 7.63. The van der Waals surface area contributed by atoms with Crippen molar-refractivity contribution in [2.75, 3.05) is 0 Å². The third-order valence-electron chi connectivity index (χ3n) is 4.33. The topological polar surface area (TPSA) is 0 Å². The molecule has 1 aliphatic rings. The molecule has 0 saturated carbocycles. The van der Waals surface area contributed by atoms with Gasteiger partial charge in [-0.05, 0) is 26.2 Å². The molecule has 14 heteroatoms. The Morgan fingerprint density at radius 3 is 1.55 bits per heavy atom. The first-order valence-electron chi connectivity index (χ1n) is 7.63. The molecular weight excluding hydrogens is 446 g/mol. The zero-order valence-electron chi connectivity index (χ0n) is 14.1. The van der Waals surface area contributed by atoms with Gasteiger partial charge in [0.05, 0.1) is 5.92 Å². The summed E-state index contributed by atoms with van der Waals surface area (Å²) in [6.07, 6.45) is -15.6. The van der Waals surface area contributed by atoms with Gasteiger partial charge in [0.15, 0.2) is 0 Å². The van der Waals surface area contributed by atoms with Gasteiger partial charge in [-0.1, -0.05) is 17.7 Å². The summed E-state index contributed by atoms with van der Waals surface area (Å²) >= 11 is 0.